The third-order valence-electron chi connectivity index (χ3n) is 4.95. The largest absolute Gasteiger partial charge is 0.354 e. The van der Waals surface area contributed by atoms with Crippen LogP contribution in [0.15, 0.2) is 24.3 Å². The molecule has 0 bridgehead atoms. The van der Waals surface area contributed by atoms with Crippen LogP contribution < -0.4 is 11.1 Å². The first-order valence-corrected chi connectivity index (χ1v) is 8.19. The van der Waals surface area contributed by atoms with Crippen molar-refractivity contribution in [2.24, 2.45) is 23.5 Å². The van der Waals surface area contributed by atoms with Crippen molar-refractivity contribution in [3.05, 3.63) is 35.4 Å². The fraction of sp³-hybridized carbons (Fsp3) is 0.611. The van der Waals surface area contributed by atoms with E-state index in [4.69, 9.17) is 5.73 Å². The Bertz CT molecular complexity index is 526. The second kappa shape index (κ2) is 5.80. The third-order valence-corrected chi connectivity index (χ3v) is 4.95. The van der Waals surface area contributed by atoms with Crippen LogP contribution in [0.3, 0.4) is 0 Å². The highest BCUT2D eigenvalue weighted by Crippen LogP contribution is 2.59. The number of nitrogens with two attached hydrogens (primary N) is 1. The molecule has 114 valence electrons. The van der Waals surface area contributed by atoms with Gasteiger partial charge in [0, 0.05) is 18.5 Å². The predicted octanol–water partition coefficient (Wildman–Crippen LogP) is 2.45. The lowest BCUT2D eigenvalue weighted by atomic mass is 9.92. The number of hydrogen-bond acceptors (Lipinski definition) is 2. The van der Waals surface area contributed by atoms with E-state index < -0.39 is 0 Å². The van der Waals surface area contributed by atoms with E-state index in [1.54, 1.807) is 0 Å². The van der Waals surface area contributed by atoms with Crippen molar-refractivity contribution in [3.63, 3.8) is 0 Å². The van der Waals surface area contributed by atoms with Gasteiger partial charge in [-0.05, 0) is 48.1 Å². The van der Waals surface area contributed by atoms with Gasteiger partial charge in [0.1, 0.15) is 0 Å². The smallest absolute Gasteiger partial charge is 0.224 e. The van der Waals surface area contributed by atoms with Crippen molar-refractivity contribution >= 4 is 5.91 Å². The molecule has 2 aliphatic carbocycles. The van der Waals surface area contributed by atoms with Crippen LogP contribution in [0.2, 0.25) is 0 Å². The number of aryl methyl sites for hydroxylation is 1. The van der Waals surface area contributed by atoms with Crippen LogP contribution in [0.5, 0.6) is 0 Å². The number of amides is 1. The zero-order valence-corrected chi connectivity index (χ0v) is 13.0. The average Bonchev–Trinajstić information content (AvgIpc) is 3.19. The number of fused-ring (bicyclic) bond motifs is 3. The van der Waals surface area contributed by atoms with Gasteiger partial charge in [0.25, 0.3) is 0 Å². The third kappa shape index (κ3) is 2.98. The molecule has 1 fully saturated rings. The minimum atomic E-state index is 0.0713. The van der Waals surface area contributed by atoms with Crippen molar-refractivity contribution in [2.45, 2.75) is 45.1 Å². The van der Waals surface area contributed by atoms with Crippen LogP contribution >= 0.6 is 0 Å². The number of benzene rings is 1. The van der Waals surface area contributed by atoms with Crippen LogP contribution in [0, 0.1) is 17.8 Å². The minimum absolute atomic E-state index is 0.0713. The van der Waals surface area contributed by atoms with Gasteiger partial charge < -0.3 is 11.1 Å². The number of carbonyl (C=O) groups excluding carboxylic acids is 1. The lowest BCUT2D eigenvalue weighted by molar-refractivity contribution is -0.122. The van der Waals surface area contributed by atoms with Gasteiger partial charge in [-0.15, -0.1) is 0 Å². The molecule has 3 rings (SSSR count). The van der Waals surface area contributed by atoms with E-state index in [2.05, 4.69) is 43.4 Å². The zero-order chi connectivity index (χ0) is 15.0. The quantitative estimate of drug-likeness (QED) is 0.873. The van der Waals surface area contributed by atoms with E-state index in [-0.39, 0.29) is 17.9 Å². The van der Waals surface area contributed by atoms with Gasteiger partial charge in [-0.2, -0.15) is 0 Å². The number of rotatable bonds is 5. The van der Waals surface area contributed by atoms with Crippen molar-refractivity contribution in [3.8, 4) is 0 Å². The Labute approximate surface area is 127 Å². The maximum Gasteiger partial charge on any atom is 0.224 e. The molecular weight excluding hydrogens is 260 g/mol. The van der Waals surface area contributed by atoms with Gasteiger partial charge in [-0.1, -0.05) is 38.1 Å². The van der Waals surface area contributed by atoms with E-state index in [1.807, 2.05) is 0 Å². The van der Waals surface area contributed by atoms with Gasteiger partial charge in [-0.3, -0.25) is 4.79 Å². The van der Waals surface area contributed by atoms with Gasteiger partial charge in [0.15, 0.2) is 0 Å². The Kier molecular flexibility index (Phi) is 4.03. The average molecular weight is 286 g/mol. The summed E-state index contributed by atoms with van der Waals surface area (Å²) in [5.41, 5.74) is 8.89. The van der Waals surface area contributed by atoms with Crippen LogP contribution in [-0.2, 0) is 11.2 Å². The number of nitrogens with one attached hydrogen (secondary N) is 1. The number of hydrogen-bond donors (Lipinski definition) is 2. The lowest BCUT2D eigenvalue weighted by Gasteiger charge is -2.15. The Balaban J connectivity index is 1.57. The Hall–Kier alpha value is -1.35. The van der Waals surface area contributed by atoms with Crippen molar-refractivity contribution < 1.29 is 4.79 Å². The van der Waals surface area contributed by atoms with E-state index >= 15 is 0 Å². The summed E-state index contributed by atoms with van der Waals surface area (Å²) in [6, 6.07) is 8.66. The van der Waals surface area contributed by atoms with Gasteiger partial charge in [-0.25, -0.2) is 0 Å². The Morgan fingerprint density at radius 3 is 2.90 bits per heavy atom. The second-order valence-corrected chi connectivity index (χ2v) is 7.09. The summed E-state index contributed by atoms with van der Waals surface area (Å²) in [5, 5.41) is 3.07. The summed E-state index contributed by atoms with van der Waals surface area (Å²) in [4.78, 5) is 12.4. The van der Waals surface area contributed by atoms with Gasteiger partial charge in [0.05, 0.1) is 0 Å². The molecule has 0 spiro atoms. The maximum absolute atomic E-state index is 12.4. The molecule has 0 radical (unpaired) electrons. The Morgan fingerprint density at radius 2 is 2.14 bits per heavy atom. The molecule has 4 atom stereocenters. The molecule has 0 saturated heterocycles. The molecule has 3 heteroatoms. The maximum atomic E-state index is 12.4. The van der Waals surface area contributed by atoms with Gasteiger partial charge in [0.2, 0.25) is 5.91 Å². The molecule has 0 aliphatic heterocycles. The van der Waals surface area contributed by atoms with E-state index in [0.29, 0.717) is 24.3 Å². The topological polar surface area (TPSA) is 55.1 Å². The van der Waals surface area contributed by atoms with Crippen molar-refractivity contribution in [1.29, 1.82) is 0 Å². The summed E-state index contributed by atoms with van der Waals surface area (Å²) in [5.74, 6) is 1.98. The van der Waals surface area contributed by atoms with Crippen LogP contribution in [0.1, 0.15) is 43.7 Å². The first-order valence-electron chi connectivity index (χ1n) is 8.19. The normalized spacial score (nSPS) is 27.7. The molecule has 1 aromatic carbocycles. The first kappa shape index (κ1) is 14.6. The highest BCUT2D eigenvalue weighted by Gasteiger charge is 2.56. The summed E-state index contributed by atoms with van der Waals surface area (Å²) < 4.78 is 0. The molecule has 1 aromatic rings. The molecule has 3 nitrogen and oxygen atoms in total. The standard InChI is InChI=1S/C18H26N2O/c1-11(2)9-13(19)10-20-18(21)17-15-8-7-12-5-3-4-6-14(12)16(15)17/h3-6,11,13,15-17H,7-10,19H2,1-2H3,(H,20,21). The van der Waals surface area contributed by atoms with Crippen LogP contribution in [0.4, 0.5) is 0 Å². The lowest BCUT2D eigenvalue weighted by Crippen LogP contribution is -2.39. The highest BCUT2D eigenvalue weighted by molar-refractivity contribution is 5.84. The Morgan fingerprint density at radius 1 is 1.38 bits per heavy atom. The SMILES string of the molecule is CC(C)CC(N)CNC(=O)C1C2CCc3ccccc3C21. The molecule has 2 aliphatic rings. The molecule has 0 aromatic heterocycles. The highest BCUT2D eigenvalue weighted by atomic mass is 16.2. The van der Waals surface area contributed by atoms with E-state index in [0.717, 1.165) is 19.3 Å². The second-order valence-electron chi connectivity index (χ2n) is 7.09. The van der Waals surface area contributed by atoms with E-state index in [1.165, 1.54) is 11.1 Å². The van der Waals surface area contributed by atoms with Crippen LogP contribution in [0.25, 0.3) is 0 Å². The first-order chi connectivity index (χ1) is 10.1. The molecular formula is C18H26N2O. The fourth-order valence-electron chi connectivity index (χ4n) is 3.96. The molecule has 4 unspecified atom stereocenters. The molecule has 0 heterocycles. The predicted molar refractivity (Wildman–Crippen MR) is 84.9 cm³/mol. The summed E-state index contributed by atoms with van der Waals surface area (Å²) in [7, 11) is 0. The monoisotopic (exact) mass is 286 g/mol. The molecule has 1 saturated carbocycles. The zero-order valence-electron chi connectivity index (χ0n) is 13.0. The van der Waals surface area contributed by atoms with E-state index in [9.17, 15) is 4.79 Å². The summed E-state index contributed by atoms with van der Waals surface area (Å²) in [6.07, 6.45) is 3.23. The van der Waals surface area contributed by atoms with Crippen molar-refractivity contribution in [1.82, 2.24) is 5.32 Å². The van der Waals surface area contributed by atoms with Gasteiger partial charge >= 0.3 is 0 Å². The summed E-state index contributed by atoms with van der Waals surface area (Å²) >= 11 is 0. The molecule has 1 amide bonds. The summed E-state index contributed by atoms with van der Waals surface area (Å²) in [6.45, 7) is 4.93. The van der Waals surface area contributed by atoms with Crippen molar-refractivity contribution in [2.75, 3.05) is 6.54 Å². The van der Waals surface area contributed by atoms with Crippen LogP contribution in [-0.4, -0.2) is 18.5 Å². The number of carbonyl (C=O) groups is 1. The molecule has 3 N–H and O–H groups in total. The minimum Gasteiger partial charge on any atom is -0.354 e. The molecule has 21 heavy (non-hydrogen) atoms. The fourth-order valence-corrected chi connectivity index (χ4v) is 3.96.